The summed E-state index contributed by atoms with van der Waals surface area (Å²) in [5.41, 5.74) is 14.2. The van der Waals surface area contributed by atoms with Crippen molar-refractivity contribution >= 4 is 57.2 Å². The second-order valence-corrected chi connectivity index (χ2v) is 11.6. The van der Waals surface area contributed by atoms with E-state index in [9.17, 15) is 0 Å². The van der Waals surface area contributed by atoms with Gasteiger partial charge in [0.2, 0.25) is 0 Å². The van der Waals surface area contributed by atoms with E-state index in [1.54, 1.807) is 0 Å². The van der Waals surface area contributed by atoms with Crippen LogP contribution in [0.5, 0.6) is 0 Å². The summed E-state index contributed by atoms with van der Waals surface area (Å²) in [6.45, 7) is 9.20. The number of hydrogen-bond donors (Lipinski definition) is 0. The fourth-order valence-electron chi connectivity index (χ4n) is 6.25. The first-order chi connectivity index (χ1) is 18.4. The van der Waals surface area contributed by atoms with E-state index in [1.165, 1.54) is 61.6 Å². The molecule has 5 aromatic rings. The molecule has 0 saturated carbocycles. The molecule has 2 aliphatic heterocycles. The Balaban J connectivity index is 1.52. The van der Waals surface area contributed by atoms with Gasteiger partial charge in [-0.05, 0) is 82.8 Å². The number of benzene rings is 5. The topological polar surface area (TPSA) is 6.48 Å². The molecule has 0 radical (unpaired) electrons. The highest BCUT2D eigenvalue weighted by molar-refractivity contribution is 7.00. The van der Waals surface area contributed by atoms with Crippen molar-refractivity contribution in [2.24, 2.45) is 0 Å². The summed E-state index contributed by atoms with van der Waals surface area (Å²) in [6.07, 6.45) is 0. The van der Waals surface area contributed by atoms with E-state index in [0.717, 1.165) is 0 Å². The van der Waals surface area contributed by atoms with Gasteiger partial charge in [0.15, 0.2) is 0 Å². The fraction of sp³-hybridized carbons (Fsp3) is 0.143. The first kappa shape index (κ1) is 22.9. The zero-order valence-corrected chi connectivity index (χ0v) is 22.4. The van der Waals surface area contributed by atoms with Gasteiger partial charge in [0.05, 0.1) is 0 Å². The standard InChI is InChI=1S/C35H31BN2/c1-24-17-22-31-29(23-24)36-28-13-8-9-14-30(28)37(26-11-6-5-7-12-26)32-15-10-16-33(34(32)36)38(31)27-20-18-25(19-21-27)35(2,3)4/h5-23H,1-4H3. The summed E-state index contributed by atoms with van der Waals surface area (Å²) >= 11 is 0. The monoisotopic (exact) mass is 490 g/mol. The molecular formula is C35H31BN2. The molecule has 5 aromatic carbocycles. The van der Waals surface area contributed by atoms with E-state index in [4.69, 9.17) is 0 Å². The van der Waals surface area contributed by atoms with Crippen LogP contribution in [0.3, 0.4) is 0 Å². The lowest BCUT2D eigenvalue weighted by Gasteiger charge is -2.44. The molecule has 0 fully saturated rings. The largest absolute Gasteiger partial charge is 0.311 e. The zero-order chi connectivity index (χ0) is 26.0. The van der Waals surface area contributed by atoms with Gasteiger partial charge in [0, 0.05) is 34.1 Å². The molecule has 0 bridgehead atoms. The molecule has 0 amide bonds. The van der Waals surface area contributed by atoms with Crippen molar-refractivity contribution in [3.8, 4) is 0 Å². The van der Waals surface area contributed by atoms with Crippen LogP contribution in [-0.4, -0.2) is 6.71 Å². The van der Waals surface area contributed by atoms with Gasteiger partial charge in [-0.3, -0.25) is 0 Å². The Hall–Kier alpha value is -4.24. The molecule has 0 unspecified atom stereocenters. The minimum atomic E-state index is 0.117. The quantitative estimate of drug-likeness (QED) is 0.234. The molecule has 7 rings (SSSR count). The van der Waals surface area contributed by atoms with Crippen LogP contribution >= 0.6 is 0 Å². The summed E-state index contributed by atoms with van der Waals surface area (Å²) in [6, 6.07) is 42.6. The molecule has 0 spiro atoms. The smallest absolute Gasteiger partial charge is 0.252 e. The van der Waals surface area contributed by atoms with E-state index < -0.39 is 0 Å². The van der Waals surface area contributed by atoms with E-state index in [1.807, 2.05) is 0 Å². The molecule has 0 aromatic heterocycles. The van der Waals surface area contributed by atoms with Crippen molar-refractivity contribution < 1.29 is 0 Å². The van der Waals surface area contributed by atoms with E-state index in [2.05, 4.69) is 153 Å². The molecule has 2 heterocycles. The Morgan fingerprint density at radius 1 is 0.526 bits per heavy atom. The van der Waals surface area contributed by atoms with Crippen molar-refractivity contribution in [2.45, 2.75) is 33.1 Å². The lowest BCUT2D eigenvalue weighted by Crippen LogP contribution is -2.61. The van der Waals surface area contributed by atoms with E-state index in [0.29, 0.717) is 0 Å². The third kappa shape index (κ3) is 3.42. The van der Waals surface area contributed by atoms with Crippen LogP contribution in [-0.2, 0) is 5.41 Å². The predicted octanol–water partition coefficient (Wildman–Crippen LogP) is 7.38. The third-order valence-corrected chi connectivity index (χ3v) is 8.06. The van der Waals surface area contributed by atoms with Crippen molar-refractivity contribution in [3.63, 3.8) is 0 Å². The maximum atomic E-state index is 2.47. The summed E-state index contributed by atoms with van der Waals surface area (Å²) < 4.78 is 0. The Morgan fingerprint density at radius 2 is 1.11 bits per heavy atom. The lowest BCUT2D eigenvalue weighted by atomic mass is 9.33. The number of rotatable bonds is 2. The Bertz CT molecular complexity index is 1670. The average Bonchev–Trinajstić information content (AvgIpc) is 2.93. The van der Waals surface area contributed by atoms with Gasteiger partial charge in [0.25, 0.3) is 6.71 Å². The maximum absolute atomic E-state index is 2.47. The van der Waals surface area contributed by atoms with Crippen LogP contribution in [0, 0.1) is 6.92 Å². The Labute approximate surface area is 226 Å². The molecule has 2 nitrogen and oxygen atoms in total. The molecular weight excluding hydrogens is 459 g/mol. The summed E-state index contributed by atoms with van der Waals surface area (Å²) in [5.74, 6) is 0. The number of fused-ring (bicyclic) bond motifs is 4. The van der Waals surface area contributed by atoms with Crippen molar-refractivity contribution in [3.05, 3.63) is 126 Å². The summed E-state index contributed by atoms with van der Waals surface area (Å²) in [7, 11) is 0. The second kappa shape index (κ2) is 8.39. The number of anilines is 6. The average molecular weight is 490 g/mol. The SMILES string of the molecule is Cc1ccc2c(c1)B1c3ccccc3N(c3ccccc3)c3cccc(c31)N2c1ccc(C(C)(C)C)cc1. The zero-order valence-electron chi connectivity index (χ0n) is 22.4. The highest BCUT2D eigenvalue weighted by Crippen LogP contribution is 2.43. The predicted molar refractivity (Wildman–Crippen MR) is 164 cm³/mol. The fourth-order valence-corrected chi connectivity index (χ4v) is 6.25. The molecule has 38 heavy (non-hydrogen) atoms. The molecule has 3 heteroatoms. The molecule has 0 N–H and O–H groups in total. The van der Waals surface area contributed by atoms with Gasteiger partial charge in [0.1, 0.15) is 0 Å². The molecule has 184 valence electrons. The maximum Gasteiger partial charge on any atom is 0.252 e. The minimum Gasteiger partial charge on any atom is -0.311 e. The highest BCUT2D eigenvalue weighted by atomic mass is 15.2. The van der Waals surface area contributed by atoms with Gasteiger partial charge < -0.3 is 9.80 Å². The summed E-state index contributed by atoms with van der Waals surface area (Å²) in [4.78, 5) is 4.90. The van der Waals surface area contributed by atoms with Gasteiger partial charge in [-0.25, -0.2) is 0 Å². The first-order valence-electron chi connectivity index (χ1n) is 13.5. The molecule has 0 aliphatic carbocycles. The van der Waals surface area contributed by atoms with Gasteiger partial charge in [-0.15, -0.1) is 0 Å². The van der Waals surface area contributed by atoms with Crippen LogP contribution in [0.15, 0.2) is 115 Å². The number of hydrogen-bond acceptors (Lipinski definition) is 2. The van der Waals surface area contributed by atoms with Crippen molar-refractivity contribution in [2.75, 3.05) is 9.80 Å². The van der Waals surface area contributed by atoms with Gasteiger partial charge in [-0.2, -0.15) is 0 Å². The van der Waals surface area contributed by atoms with Crippen LogP contribution in [0.4, 0.5) is 34.1 Å². The summed E-state index contributed by atoms with van der Waals surface area (Å²) in [5, 5.41) is 0. The highest BCUT2D eigenvalue weighted by Gasteiger charge is 2.42. The van der Waals surface area contributed by atoms with Crippen molar-refractivity contribution in [1.29, 1.82) is 0 Å². The Morgan fingerprint density at radius 3 is 1.79 bits per heavy atom. The number of aryl methyl sites for hydroxylation is 1. The van der Waals surface area contributed by atoms with Crippen molar-refractivity contribution in [1.82, 2.24) is 0 Å². The third-order valence-electron chi connectivity index (χ3n) is 8.06. The van der Waals surface area contributed by atoms with E-state index >= 15 is 0 Å². The van der Waals surface area contributed by atoms with Crippen LogP contribution < -0.4 is 26.2 Å². The lowest BCUT2D eigenvalue weighted by molar-refractivity contribution is 0.590. The molecule has 0 saturated heterocycles. The normalized spacial score (nSPS) is 13.6. The second-order valence-electron chi connectivity index (χ2n) is 11.6. The van der Waals surface area contributed by atoms with Crippen LogP contribution in [0.2, 0.25) is 0 Å². The molecule has 0 atom stereocenters. The van der Waals surface area contributed by atoms with Crippen LogP contribution in [0.1, 0.15) is 31.9 Å². The number of para-hydroxylation sites is 2. The Kier molecular flexibility index (Phi) is 5.06. The first-order valence-corrected chi connectivity index (χ1v) is 13.5. The number of nitrogens with zero attached hydrogens (tertiary/aromatic N) is 2. The van der Waals surface area contributed by atoms with Crippen LogP contribution in [0.25, 0.3) is 0 Å². The van der Waals surface area contributed by atoms with Gasteiger partial charge in [-0.1, -0.05) is 93.1 Å². The minimum absolute atomic E-state index is 0.117. The molecule has 2 aliphatic rings. The van der Waals surface area contributed by atoms with E-state index in [-0.39, 0.29) is 12.1 Å². The van der Waals surface area contributed by atoms with Gasteiger partial charge >= 0.3 is 0 Å².